The van der Waals surface area contributed by atoms with Crippen LogP contribution in [0.2, 0.25) is 5.02 Å². The molecule has 0 saturated heterocycles. The quantitative estimate of drug-likeness (QED) is 0.667. The molecule has 0 amide bonds. The number of aryl methyl sites for hydroxylation is 1. The number of carbonyl (C=O) groups is 1. The normalized spacial score (nSPS) is 10.6. The van der Waals surface area contributed by atoms with Crippen LogP contribution in [0.1, 0.15) is 22.8 Å². The summed E-state index contributed by atoms with van der Waals surface area (Å²) in [5.74, 6) is -0.432. The van der Waals surface area contributed by atoms with Gasteiger partial charge in [-0.2, -0.15) is 0 Å². The van der Waals surface area contributed by atoms with Crippen LogP contribution in [0.5, 0.6) is 0 Å². The van der Waals surface area contributed by atoms with Gasteiger partial charge in [-0.1, -0.05) is 29.9 Å². The Labute approximate surface area is 115 Å². The van der Waals surface area contributed by atoms with Crippen LogP contribution in [0.25, 0.3) is 10.9 Å². The van der Waals surface area contributed by atoms with E-state index in [9.17, 15) is 4.79 Å². The number of rotatable bonds is 2. The third-order valence-electron chi connectivity index (χ3n) is 2.69. The Bertz CT molecular complexity index is 678. The van der Waals surface area contributed by atoms with Crippen molar-refractivity contribution < 1.29 is 9.53 Å². The molecule has 1 aromatic carbocycles. The molecule has 1 N–H and O–H groups in total. The lowest BCUT2D eigenvalue weighted by atomic mass is 10.1. The zero-order valence-electron chi connectivity index (χ0n) is 10.0. The molecule has 0 unspecified atom stereocenters. The van der Waals surface area contributed by atoms with Crippen molar-refractivity contribution in [3.8, 4) is 0 Å². The monoisotopic (exact) mass is 281 g/mol. The highest BCUT2D eigenvalue weighted by molar-refractivity contribution is 7.71. The van der Waals surface area contributed by atoms with Crippen LogP contribution < -0.4 is 0 Å². The topological polar surface area (TPSA) is 42.1 Å². The largest absolute Gasteiger partial charge is 0.462 e. The van der Waals surface area contributed by atoms with Crippen LogP contribution in [0.3, 0.4) is 0 Å². The van der Waals surface area contributed by atoms with Crippen molar-refractivity contribution in [1.82, 2.24) is 4.98 Å². The molecule has 0 spiro atoms. The molecule has 0 atom stereocenters. The molecule has 0 aliphatic heterocycles. The molecule has 0 bridgehead atoms. The van der Waals surface area contributed by atoms with E-state index < -0.39 is 5.97 Å². The third-order valence-corrected chi connectivity index (χ3v) is 3.43. The van der Waals surface area contributed by atoms with E-state index in [1.54, 1.807) is 19.2 Å². The van der Waals surface area contributed by atoms with Gasteiger partial charge in [0.05, 0.1) is 27.2 Å². The van der Waals surface area contributed by atoms with Crippen LogP contribution in [0.4, 0.5) is 0 Å². The van der Waals surface area contributed by atoms with Crippen LogP contribution in [-0.4, -0.2) is 17.6 Å². The average molecular weight is 282 g/mol. The predicted octanol–water partition coefficient (Wildman–Crippen LogP) is 4.04. The molecule has 2 aromatic rings. The number of nitrogens with one attached hydrogen (secondary N) is 1. The smallest absolute Gasteiger partial charge is 0.341 e. The fourth-order valence-electron chi connectivity index (χ4n) is 1.79. The lowest BCUT2D eigenvalue weighted by Crippen LogP contribution is -2.06. The summed E-state index contributed by atoms with van der Waals surface area (Å²) in [4.78, 5) is 14.8. The van der Waals surface area contributed by atoms with Crippen molar-refractivity contribution in [2.45, 2.75) is 13.8 Å². The molecule has 5 heteroatoms. The first-order valence-corrected chi connectivity index (χ1v) is 6.32. The molecule has 0 saturated carbocycles. The molecule has 1 aromatic heterocycles. The Morgan fingerprint density at radius 3 is 2.89 bits per heavy atom. The van der Waals surface area contributed by atoms with E-state index in [1.165, 1.54) is 0 Å². The number of hydrogen-bond donors (Lipinski definition) is 1. The summed E-state index contributed by atoms with van der Waals surface area (Å²) < 4.78 is 5.39. The summed E-state index contributed by atoms with van der Waals surface area (Å²) in [6.45, 7) is 4.02. The molecule has 0 fully saturated rings. The van der Waals surface area contributed by atoms with Crippen LogP contribution >= 0.6 is 23.8 Å². The molecule has 2 rings (SSSR count). The molecule has 0 aliphatic carbocycles. The van der Waals surface area contributed by atoms with Gasteiger partial charge in [-0.25, -0.2) is 4.79 Å². The number of benzene rings is 1. The van der Waals surface area contributed by atoms with Gasteiger partial charge in [0.2, 0.25) is 0 Å². The van der Waals surface area contributed by atoms with Gasteiger partial charge in [-0.3, -0.25) is 0 Å². The van der Waals surface area contributed by atoms with Gasteiger partial charge in [0.25, 0.3) is 0 Å². The molecule has 94 valence electrons. The first-order valence-electron chi connectivity index (χ1n) is 5.54. The predicted molar refractivity (Wildman–Crippen MR) is 74.8 cm³/mol. The number of pyridine rings is 1. The second-order valence-electron chi connectivity index (χ2n) is 3.87. The highest BCUT2D eigenvalue weighted by Crippen LogP contribution is 2.27. The van der Waals surface area contributed by atoms with E-state index in [1.807, 2.05) is 13.0 Å². The number of fused-ring (bicyclic) bond motifs is 1. The number of H-pyrrole nitrogens is 1. The van der Waals surface area contributed by atoms with Gasteiger partial charge < -0.3 is 9.72 Å². The van der Waals surface area contributed by atoms with Crippen molar-refractivity contribution in [3.63, 3.8) is 0 Å². The van der Waals surface area contributed by atoms with Gasteiger partial charge in [-0.15, -0.1) is 0 Å². The first-order chi connectivity index (χ1) is 8.56. The molecule has 0 aliphatic rings. The van der Waals surface area contributed by atoms with Crippen molar-refractivity contribution >= 4 is 40.7 Å². The van der Waals surface area contributed by atoms with Crippen molar-refractivity contribution in [2.24, 2.45) is 0 Å². The number of carbonyl (C=O) groups excluding carboxylic acids is 1. The fraction of sp³-hybridized carbons (Fsp3) is 0.231. The van der Waals surface area contributed by atoms with E-state index in [0.717, 1.165) is 11.1 Å². The van der Waals surface area contributed by atoms with E-state index in [2.05, 4.69) is 4.98 Å². The first kappa shape index (κ1) is 13.1. The summed E-state index contributed by atoms with van der Waals surface area (Å²) in [5.41, 5.74) is 2.21. The van der Waals surface area contributed by atoms with E-state index in [0.29, 0.717) is 27.1 Å². The Morgan fingerprint density at radius 2 is 2.22 bits per heavy atom. The standard InChI is InChI=1S/C13H12ClNO2S/c1-3-17-13(16)8-6-15-11-7(2)4-5-9(14)10(11)12(8)18/h4-6H,3H2,1-2H3,(H,15,18). The summed E-state index contributed by atoms with van der Waals surface area (Å²) in [5, 5.41) is 1.22. The highest BCUT2D eigenvalue weighted by atomic mass is 35.5. The lowest BCUT2D eigenvalue weighted by molar-refractivity contribution is 0.0525. The summed E-state index contributed by atoms with van der Waals surface area (Å²) in [7, 11) is 0. The van der Waals surface area contributed by atoms with E-state index >= 15 is 0 Å². The van der Waals surface area contributed by atoms with Gasteiger partial charge in [0, 0.05) is 11.6 Å². The van der Waals surface area contributed by atoms with Gasteiger partial charge in [0.15, 0.2) is 0 Å². The van der Waals surface area contributed by atoms with Gasteiger partial charge in [0.1, 0.15) is 0 Å². The SMILES string of the molecule is CCOC(=O)c1c[nH]c2c(C)ccc(Cl)c2c1=S. The fourth-order valence-corrected chi connectivity index (χ4v) is 2.46. The maximum Gasteiger partial charge on any atom is 0.341 e. The zero-order chi connectivity index (χ0) is 13.3. The van der Waals surface area contributed by atoms with Gasteiger partial charge in [-0.05, 0) is 25.5 Å². The minimum absolute atomic E-state index is 0.313. The Morgan fingerprint density at radius 1 is 1.50 bits per heavy atom. The van der Waals surface area contributed by atoms with Crippen LogP contribution in [0, 0.1) is 11.4 Å². The second-order valence-corrected chi connectivity index (χ2v) is 4.68. The lowest BCUT2D eigenvalue weighted by Gasteiger charge is -2.08. The maximum atomic E-state index is 11.8. The summed E-state index contributed by atoms with van der Waals surface area (Å²) in [6.07, 6.45) is 1.58. The maximum absolute atomic E-state index is 11.8. The average Bonchev–Trinajstić information content (AvgIpc) is 2.34. The van der Waals surface area contributed by atoms with Crippen LogP contribution in [0.15, 0.2) is 18.3 Å². The molecule has 0 radical (unpaired) electrons. The Balaban J connectivity index is 2.76. The van der Waals surface area contributed by atoms with Crippen molar-refractivity contribution in [2.75, 3.05) is 6.61 Å². The number of esters is 1. The minimum atomic E-state index is -0.432. The molecular formula is C13H12ClNO2S. The molecule has 3 nitrogen and oxygen atoms in total. The van der Waals surface area contributed by atoms with Gasteiger partial charge >= 0.3 is 5.97 Å². The molecule has 1 heterocycles. The van der Waals surface area contributed by atoms with Crippen LogP contribution in [-0.2, 0) is 4.74 Å². The highest BCUT2D eigenvalue weighted by Gasteiger charge is 2.13. The number of halogens is 1. The summed E-state index contributed by atoms with van der Waals surface area (Å²) in [6, 6.07) is 3.68. The summed E-state index contributed by atoms with van der Waals surface area (Å²) >= 11 is 11.5. The van der Waals surface area contributed by atoms with E-state index in [4.69, 9.17) is 28.6 Å². The minimum Gasteiger partial charge on any atom is -0.462 e. The second kappa shape index (κ2) is 5.08. The Kier molecular flexibility index (Phi) is 3.68. The number of aromatic nitrogens is 1. The number of hydrogen-bond acceptors (Lipinski definition) is 3. The van der Waals surface area contributed by atoms with Crippen molar-refractivity contribution in [3.05, 3.63) is 39.0 Å². The number of aromatic amines is 1. The molecule has 18 heavy (non-hydrogen) atoms. The Hall–Kier alpha value is -1.39. The molecular weight excluding hydrogens is 270 g/mol. The third kappa shape index (κ3) is 2.13. The van der Waals surface area contributed by atoms with E-state index in [-0.39, 0.29) is 0 Å². The zero-order valence-corrected chi connectivity index (χ0v) is 11.6. The van der Waals surface area contributed by atoms with Crippen molar-refractivity contribution in [1.29, 1.82) is 0 Å². The number of ether oxygens (including phenoxy) is 1.